The van der Waals surface area contributed by atoms with Gasteiger partial charge in [0, 0.05) is 5.92 Å². The predicted octanol–water partition coefficient (Wildman–Crippen LogP) is 1.58. The fourth-order valence-corrected chi connectivity index (χ4v) is 4.11. The number of allylic oxidation sites excluding steroid dienone is 1. The second kappa shape index (κ2) is 4.95. The van der Waals surface area contributed by atoms with Crippen LogP contribution in [0.4, 0.5) is 0 Å². The highest BCUT2D eigenvalue weighted by Gasteiger charge is 2.47. The van der Waals surface area contributed by atoms with Gasteiger partial charge in [-0.2, -0.15) is 0 Å². The summed E-state index contributed by atoms with van der Waals surface area (Å²) in [4.78, 5) is 0. The SMILES string of the molecule is C[C@H]1C=C(CO)[C@@H](CO)[C@@H](O)[C@@H]2CC(C)(C)C[C@@H]21. The number of hydrogen-bond donors (Lipinski definition) is 3. The van der Waals surface area contributed by atoms with Crippen LogP contribution in [0.25, 0.3) is 0 Å². The van der Waals surface area contributed by atoms with Gasteiger partial charge in [-0.25, -0.2) is 0 Å². The van der Waals surface area contributed by atoms with Crippen molar-refractivity contribution in [3.8, 4) is 0 Å². The van der Waals surface area contributed by atoms with E-state index in [-0.39, 0.29) is 30.5 Å². The van der Waals surface area contributed by atoms with Gasteiger partial charge >= 0.3 is 0 Å². The zero-order valence-corrected chi connectivity index (χ0v) is 11.6. The molecule has 1 saturated carbocycles. The van der Waals surface area contributed by atoms with Crippen LogP contribution in [0, 0.1) is 29.1 Å². The van der Waals surface area contributed by atoms with Crippen molar-refractivity contribution in [2.24, 2.45) is 29.1 Å². The third-order valence-electron chi connectivity index (χ3n) is 4.99. The number of rotatable bonds is 2. The molecule has 2 aliphatic rings. The van der Waals surface area contributed by atoms with Crippen LogP contribution in [0.3, 0.4) is 0 Å². The standard InChI is InChI=1S/C15H26O3/c1-9-4-10(7-16)13(8-17)14(18)12-6-15(2,3)5-11(9)12/h4,9,11-14,16-18H,5-8H2,1-3H3/t9-,11+,12+,13+,14-/m0/s1. The topological polar surface area (TPSA) is 60.7 Å². The number of fused-ring (bicyclic) bond motifs is 1. The van der Waals surface area contributed by atoms with E-state index >= 15 is 0 Å². The molecule has 0 spiro atoms. The molecule has 0 heterocycles. The lowest BCUT2D eigenvalue weighted by molar-refractivity contribution is 0.0187. The van der Waals surface area contributed by atoms with E-state index in [1.165, 1.54) is 0 Å². The summed E-state index contributed by atoms with van der Waals surface area (Å²) in [7, 11) is 0. The summed E-state index contributed by atoms with van der Waals surface area (Å²) in [6.07, 6.45) is 3.68. The van der Waals surface area contributed by atoms with Crippen molar-refractivity contribution in [1.82, 2.24) is 0 Å². The van der Waals surface area contributed by atoms with Crippen molar-refractivity contribution in [1.29, 1.82) is 0 Å². The summed E-state index contributed by atoms with van der Waals surface area (Å²) >= 11 is 0. The number of aliphatic hydroxyl groups is 3. The molecule has 3 heteroatoms. The van der Waals surface area contributed by atoms with Gasteiger partial charge < -0.3 is 15.3 Å². The highest BCUT2D eigenvalue weighted by atomic mass is 16.3. The first-order valence-electron chi connectivity index (χ1n) is 7.00. The molecule has 0 aromatic rings. The molecule has 0 aromatic carbocycles. The Hall–Kier alpha value is -0.380. The summed E-state index contributed by atoms with van der Waals surface area (Å²) in [5.41, 5.74) is 1.08. The Balaban J connectivity index is 2.33. The lowest BCUT2D eigenvalue weighted by Crippen LogP contribution is -2.34. The Morgan fingerprint density at radius 2 is 1.83 bits per heavy atom. The molecule has 18 heavy (non-hydrogen) atoms. The molecule has 2 aliphatic carbocycles. The number of aliphatic hydroxyl groups excluding tert-OH is 3. The Bertz CT molecular complexity index is 335. The molecule has 0 aromatic heterocycles. The molecule has 0 radical (unpaired) electrons. The van der Waals surface area contributed by atoms with E-state index in [4.69, 9.17) is 0 Å². The highest BCUT2D eigenvalue weighted by molar-refractivity contribution is 5.17. The maximum absolute atomic E-state index is 10.6. The summed E-state index contributed by atoms with van der Waals surface area (Å²) < 4.78 is 0. The lowest BCUT2D eigenvalue weighted by Gasteiger charge is -2.29. The molecule has 3 nitrogen and oxygen atoms in total. The van der Waals surface area contributed by atoms with Crippen molar-refractivity contribution in [2.45, 2.75) is 39.7 Å². The van der Waals surface area contributed by atoms with Gasteiger partial charge in [0.15, 0.2) is 0 Å². The van der Waals surface area contributed by atoms with E-state index < -0.39 is 6.10 Å². The van der Waals surface area contributed by atoms with Crippen LogP contribution in [0.1, 0.15) is 33.6 Å². The van der Waals surface area contributed by atoms with E-state index in [1.807, 2.05) is 0 Å². The predicted molar refractivity (Wildman–Crippen MR) is 70.9 cm³/mol. The van der Waals surface area contributed by atoms with E-state index in [9.17, 15) is 15.3 Å². The van der Waals surface area contributed by atoms with Gasteiger partial charge in [-0.05, 0) is 41.6 Å². The van der Waals surface area contributed by atoms with E-state index in [0.29, 0.717) is 11.8 Å². The van der Waals surface area contributed by atoms with Crippen molar-refractivity contribution >= 4 is 0 Å². The zero-order chi connectivity index (χ0) is 13.5. The summed E-state index contributed by atoms with van der Waals surface area (Å²) in [5, 5.41) is 29.5. The van der Waals surface area contributed by atoms with E-state index in [0.717, 1.165) is 18.4 Å². The summed E-state index contributed by atoms with van der Waals surface area (Å²) in [6, 6.07) is 0. The van der Waals surface area contributed by atoms with Gasteiger partial charge in [-0.15, -0.1) is 0 Å². The van der Waals surface area contributed by atoms with Crippen molar-refractivity contribution in [2.75, 3.05) is 13.2 Å². The second-order valence-corrected chi connectivity index (χ2v) is 6.94. The molecule has 0 saturated heterocycles. The van der Waals surface area contributed by atoms with Gasteiger partial charge in [0.05, 0.1) is 19.3 Å². The lowest BCUT2D eigenvalue weighted by atomic mass is 9.81. The number of hydrogen-bond acceptors (Lipinski definition) is 3. The molecule has 3 N–H and O–H groups in total. The van der Waals surface area contributed by atoms with Gasteiger partial charge in [0.2, 0.25) is 0 Å². The van der Waals surface area contributed by atoms with Crippen LogP contribution < -0.4 is 0 Å². The Labute approximate surface area is 110 Å². The van der Waals surface area contributed by atoms with Crippen LogP contribution in [-0.2, 0) is 0 Å². The molecule has 104 valence electrons. The first kappa shape index (κ1) is 14.0. The molecular weight excluding hydrogens is 228 g/mol. The van der Waals surface area contributed by atoms with Crippen molar-refractivity contribution in [3.63, 3.8) is 0 Å². The van der Waals surface area contributed by atoms with E-state index in [1.54, 1.807) is 0 Å². The molecule has 0 aliphatic heterocycles. The highest BCUT2D eigenvalue weighted by Crippen LogP contribution is 2.52. The van der Waals surface area contributed by atoms with Crippen LogP contribution >= 0.6 is 0 Å². The second-order valence-electron chi connectivity index (χ2n) is 6.94. The molecule has 0 unspecified atom stereocenters. The molecule has 1 fully saturated rings. The normalized spacial score (nSPS) is 43.2. The van der Waals surface area contributed by atoms with Gasteiger partial charge in [-0.1, -0.05) is 26.8 Å². The molecule has 5 atom stereocenters. The Morgan fingerprint density at radius 3 is 2.39 bits per heavy atom. The Morgan fingerprint density at radius 1 is 1.22 bits per heavy atom. The van der Waals surface area contributed by atoms with Crippen LogP contribution in [-0.4, -0.2) is 34.6 Å². The average Bonchev–Trinajstić information content (AvgIpc) is 2.60. The monoisotopic (exact) mass is 254 g/mol. The maximum Gasteiger partial charge on any atom is 0.0659 e. The van der Waals surface area contributed by atoms with Crippen molar-refractivity contribution < 1.29 is 15.3 Å². The zero-order valence-electron chi connectivity index (χ0n) is 11.6. The largest absolute Gasteiger partial charge is 0.396 e. The Kier molecular flexibility index (Phi) is 3.86. The average molecular weight is 254 g/mol. The van der Waals surface area contributed by atoms with Crippen molar-refractivity contribution in [3.05, 3.63) is 11.6 Å². The molecular formula is C15H26O3. The maximum atomic E-state index is 10.6. The van der Waals surface area contributed by atoms with Crippen LogP contribution in [0.15, 0.2) is 11.6 Å². The third kappa shape index (κ3) is 2.36. The van der Waals surface area contributed by atoms with E-state index in [2.05, 4.69) is 26.8 Å². The summed E-state index contributed by atoms with van der Waals surface area (Å²) in [5.74, 6) is 0.784. The van der Waals surface area contributed by atoms with Gasteiger partial charge in [0.25, 0.3) is 0 Å². The fourth-order valence-electron chi connectivity index (χ4n) is 4.11. The minimum Gasteiger partial charge on any atom is -0.396 e. The van der Waals surface area contributed by atoms with Crippen LogP contribution in [0.5, 0.6) is 0 Å². The summed E-state index contributed by atoms with van der Waals surface area (Å²) in [6.45, 7) is 6.54. The van der Waals surface area contributed by atoms with Gasteiger partial charge in [-0.3, -0.25) is 0 Å². The molecule has 0 amide bonds. The fraction of sp³-hybridized carbons (Fsp3) is 0.867. The van der Waals surface area contributed by atoms with Gasteiger partial charge in [0.1, 0.15) is 0 Å². The third-order valence-corrected chi connectivity index (χ3v) is 4.99. The molecule has 0 bridgehead atoms. The minimum absolute atomic E-state index is 0.0601. The quantitative estimate of drug-likeness (QED) is 0.656. The minimum atomic E-state index is -0.523. The molecule has 2 rings (SSSR count). The smallest absolute Gasteiger partial charge is 0.0659 e. The van der Waals surface area contributed by atoms with Crippen LogP contribution in [0.2, 0.25) is 0 Å². The first-order valence-corrected chi connectivity index (χ1v) is 7.00. The first-order chi connectivity index (χ1) is 8.39.